The summed E-state index contributed by atoms with van der Waals surface area (Å²) >= 11 is 0. The van der Waals surface area contributed by atoms with Gasteiger partial charge < -0.3 is 54.6 Å². The predicted octanol–water partition coefficient (Wildman–Crippen LogP) is 9.23. The Kier molecular flexibility index (Phi) is 14.5. The van der Waals surface area contributed by atoms with Crippen molar-refractivity contribution in [3.63, 3.8) is 0 Å². The number of hydrogen-bond donors (Lipinski definition) is 6. The van der Waals surface area contributed by atoms with Crippen LogP contribution < -0.4 is 29.2 Å². The zero-order valence-corrected chi connectivity index (χ0v) is 40.6. The van der Waals surface area contributed by atoms with Crippen molar-refractivity contribution in [2.45, 2.75) is 88.6 Å². The van der Waals surface area contributed by atoms with Crippen LogP contribution in [0.1, 0.15) is 106 Å². The van der Waals surface area contributed by atoms with Crippen molar-refractivity contribution in [2.75, 3.05) is 51.5 Å². The molecule has 0 radical (unpaired) electrons. The minimum Gasteiger partial charge on any atom is -0.508 e. The number of hydrogen-bond acceptors (Lipinski definition) is 11. The highest BCUT2D eigenvalue weighted by Crippen LogP contribution is 2.54. The minimum absolute atomic E-state index is 0.00927. The van der Waals surface area contributed by atoms with Crippen LogP contribution >= 0.6 is 0 Å². The van der Waals surface area contributed by atoms with Crippen molar-refractivity contribution >= 4 is 17.7 Å². The first-order valence-electron chi connectivity index (χ1n) is 25.3. The SMILES string of the molecule is CCc1cc2c([nH]1)N1CCNCC1Cc1ccc3c(c1)C(O)CCC3C(CO)COc1c(c3c(c(OCCC(O)C=Cc4ccccc4)c1OC)C(=O)CC(c1ccc(O)cc1)O3)CCc1cccc-2c1. The molecule has 6 atom stereocenters. The number of ether oxygens (including phenoxy) is 4. The summed E-state index contributed by atoms with van der Waals surface area (Å²) in [4.78, 5) is 21.1. The number of aromatic hydroxyl groups is 1. The molecule has 0 saturated carbocycles. The zero-order valence-electron chi connectivity index (χ0n) is 40.6. The molecular weight excluding hydrogens is 895 g/mol. The summed E-state index contributed by atoms with van der Waals surface area (Å²) in [6.07, 6.45) is 5.46. The molecule has 6 unspecified atom stereocenters. The summed E-state index contributed by atoms with van der Waals surface area (Å²) in [6.45, 7) is 4.64. The average molecular weight is 960 g/mol. The fraction of sp³-hybridized carbons (Fsp3) is 0.373. The van der Waals surface area contributed by atoms with Crippen LogP contribution in [0.3, 0.4) is 0 Å². The Balaban J connectivity index is 1.10. The van der Waals surface area contributed by atoms with Gasteiger partial charge in [-0.05, 0) is 102 Å². The van der Waals surface area contributed by atoms with E-state index in [1.54, 1.807) is 30.3 Å². The number of carbonyl (C=O) groups is 1. The maximum absolute atomic E-state index is 14.8. The van der Waals surface area contributed by atoms with Gasteiger partial charge >= 0.3 is 0 Å². The number of phenolic OH excluding ortho intramolecular Hbond substituents is 1. The number of ketones is 1. The van der Waals surface area contributed by atoms with Gasteiger partial charge in [-0.25, -0.2) is 0 Å². The lowest BCUT2D eigenvalue weighted by atomic mass is 9.74. The number of methoxy groups -OCH3 is 1. The molecule has 1 aliphatic carbocycles. The molecular formula is C59H65N3O9. The van der Waals surface area contributed by atoms with E-state index < -0.39 is 18.3 Å². The van der Waals surface area contributed by atoms with Crippen molar-refractivity contribution in [2.24, 2.45) is 5.92 Å². The van der Waals surface area contributed by atoms with Gasteiger partial charge in [0.05, 0.1) is 39.0 Å². The van der Waals surface area contributed by atoms with E-state index in [1.165, 1.54) is 7.11 Å². The van der Waals surface area contributed by atoms with Crippen molar-refractivity contribution in [3.8, 4) is 39.9 Å². The largest absolute Gasteiger partial charge is 0.508 e. The van der Waals surface area contributed by atoms with Gasteiger partial charge in [-0.2, -0.15) is 0 Å². The Morgan fingerprint density at radius 1 is 0.901 bits per heavy atom. The number of piperazine rings is 1. The number of phenols is 1. The van der Waals surface area contributed by atoms with Gasteiger partial charge in [0.1, 0.15) is 29.0 Å². The lowest BCUT2D eigenvalue weighted by Gasteiger charge is -2.38. The number of nitrogens with one attached hydrogen (secondary N) is 2. The van der Waals surface area contributed by atoms with E-state index in [0.717, 1.165) is 88.5 Å². The Bertz CT molecular complexity index is 2860. The molecule has 71 heavy (non-hydrogen) atoms. The molecule has 370 valence electrons. The quantitative estimate of drug-likeness (QED) is 0.0776. The first-order valence-corrected chi connectivity index (χ1v) is 25.3. The Morgan fingerprint density at radius 3 is 2.55 bits per heavy atom. The maximum atomic E-state index is 14.8. The molecule has 0 amide bonds. The van der Waals surface area contributed by atoms with Crippen LogP contribution in [-0.2, 0) is 25.7 Å². The normalized spacial score (nSPS) is 21.5. The smallest absolute Gasteiger partial charge is 0.204 e. The number of fused-ring (bicyclic) bond motifs is 5. The Hall–Kier alpha value is -6.57. The van der Waals surface area contributed by atoms with Gasteiger partial charge in [-0.3, -0.25) is 4.79 Å². The minimum atomic E-state index is -0.838. The predicted molar refractivity (Wildman–Crippen MR) is 275 cm³/mol. The second-order valence-electron chi connectivity index (χ2n) is 19.5. The highest BCUT2D eigenvalue weighted by atomic mass is 16.5. The maximum Gasteiger partial charge on any atom is 0.204 e. The van der Waals surface area contributed by atoms with Crippen LogP contribution in [0.25, 0.3) is 17.2 Å². The summed E-state index contributed by atoms with van der Waals surface area (Å²) in [5.74, 6) is 1.59. The lowest BCUT2D eigenvalue weighted by Crippen LogP contribution is -2.52. The average Bonchev–Trinajstić information content (AvgIpc) is 3.83. The molecule has 6 N–H and O–H groups in total. The lowest BCUT2D eigenvalue weighted by molar-refractivity contribution is 0.0831. The van der Waals surface area contributed by atoms with E-state index in [4.69, 9.17) is 18.9 Å². The van der Waals surface area contributed by atoms with Gasteiger partial charge in [0.25, 0.3) is 0 Å². The van der Waals surface area contributed by atoms with Crippen molar-refractivity contribution in [3.05, 3.63) is 159 Å². The number of nitrogens with zero attached hydrogens (tertiary/aromatic N) is 1. The number of rotatable bonds is 10. The van der Waals surface area contributed by atoms with Gasteiger partial charge in [0, 0.05) is 61.4 Å². The number of aliphatic hydroxyl groups is 3. The molecule has 1 fully saturated rings. The van der Waals surface area contributed by atoms with Crippen molar-refractivity contribution in [1.82, 2.24) is 10.3 Å². The van der Waals surface area contributed by atoms with E-state index in [-0.39, 0.29) is 79.1 Å². The summed E-state index contributed by atoms with van der Waals surface area (Å²) in [6, 6.07) is 34.0. The summed E-state index contributed by atoms with van der Waals surface area (Å²) < 4.78 is 26.8. The Labute approximate surface area is 415 Å². The van der Waals surface area contributed by atoms with Crippen LogP contribution in [-0.4, -0.2) is 89.9 Å². The van der Waals surface area contributed by atoms with Crippen LogP contribution in [0, 0.1) is 5.92 Å². The number of carbonyl (C=O) groups excluding carboxylic acids is 1. The van der Waals surface area contributed by atoms with Crippen LogP contribution in [0.15, 0.2) is 109 Å². The second kappa shape index (κ2) is 21.4. The summed E-state index contributed by atoms with van der Waals surface area (Å²) in [5.41, 5.74) is 10.1. The molecule has 6 bridgehead atoms. The highest BCUT2D eigenvalue weighted by molar-refractivity contribution is 6.04. The van der Waals surface area contributed by atoms with Gasteiger partial charge in [0.2, 0.25) is 5.75 Å². The zero-order chi connectivity index (χ0) is 49.0. The number of anilines is 1. The Morgan fingerprint density at radius 2 is 1.75 bits per heavy atom. The van der Waals surface area contributed by atoms with Crippen LogP contribution in [0.4, 0.5) is 5.82 Å². The number of aliphatic hydroxyl groups excluding tert-OH is 3. The molecule has 5 aliphatic rings. The fourth-order valence-corrected chi connectivity index (χ4v) is 11.1. The van der Waals surface area contributed by atoms with Gasteiger partial charge in [-0.15, -0.1) is 0 Å². The number of H-pyrrole nitrogens is 1. The number of aryl methyl sites for hydroxylation is 2. The molecule has 11 rings (SSSR count). The van der Waals surface area contributed by atoms with E-state index in [2.05, 4.69) is 70.7 Å². The molecule has 1 aromatic heterocycles. The molecule has 12 nitrogen and oxygen atoms in total. The van der Waals surface area contributed by atoms with E-state index >= 15 is 0 Å². The summed E-state index contributed by atoms with van der Waals surface area (Å²) in [7, 11) is 1.53. The van der Waals surface area contributed by atoms with Gasteiger partial charge in [0.15, 0.2) is 17.3 Å². The molecule has 5 aromatic carbocycles. The van der Waals surface area contributed by atoms with E-state index in [1.807, 2.05) is 36.4 Å². The van der Waals surface area contributed by atoms with E-state index in [9.17, 15) is 25.2 Å². The third-order valence-electron chi connectivity index (χ3n) is 14.9. The first-order chi connectivity index (χ1) is 34.7. The summed E-state index contributed by atoms with van der Waals surface area (Å²) in [5, 5.41) is 47.7. The van der Waals surface area contributed by atoms with Crippen LogP contribution in [0.5, 0.6) is 28.7 Å². The second-order valence-corrected chi connectivity index (χ2v) is 19.5. The third-order valence-corrected chi connectivity index (χ3v) is 14.9. The highest BCUT2D eigenvalue weighted by Gasteiger charge is 2.39. The number of benzene rings is 5. The number of Topliss-reactive ketones (excluding diaryl/α,β-unsaturated/α-hetero) is 1. The molecule has 6 aromatic rings. The number of aromatic amines is 1. The molecule has 1 saturated heterocycles. The third kappa shape index (κ3) is 10.2. The van der Waals surface area contributed by atoms with E-state index in [0.29, 0.717) is 42.7 Å². The fourth-order valence-electron chi connectivity index (χ4n) is 11.1. The standard InChI is InChI=1S/C59H65N3O9/c1-3-42-31-49-40-11-7-10-37(28-40)13-21-48-55-54(52(67)32-53(71-55)39-15-18-44(64)19-16-39)57(69-27-24-45(65)17-12-36-8-5-4-6-9-36)58(68-2)56(48)70-35-41(34-63)46-22-23-51(66)50-30-38(14-20-47(46)50)29-43-33-60-25-26-62(43)59(49)61-42/h4-12,14-20,28,30-31,41,43,45-46,51,53,60-61,63-66H,3,13,21-27,29,32-35H2,1-2H3. The first kappa shape index (κ1) is 48.1. The van der Waals surface area contributed by atoms with Crippen LogP contribution in [0.2, 0.25) is 0 Å². The van der Waals surface area contributed by atoms with Gasteiger partial charge in [-0.1, -0.05) is 104 Å². The van der Waals surface area contributed by atoms with Crippen molar-refractivity contribution < 1.29 is 44.2 Å². The van der Waals surface area contributed by atoms with Crippen molar-refractivity contribution in [1.29, 1.82) is 0 Å². The number of aromatic nitrogens is 1. The molecule has 12 heteroatoms. The monoisotopic (exact) mass is 959 g/mol. The topological polar surface area (TPSA) is 166 Å². The molecule has 5 heterocycles. The molecule has 0 spiro atoms. The molecule has 4 aliphatic heterocycles.